The molecule has 2 aliphatic rings. The van der Waals surface area contributed by atoms with Crippen molar-refractivity contribution in [1.29, 1.82) is 0 Å². The highest BCUT2D eigenvalue weighted by molar-refractivity contribution is 7.12. The smallest absolute Gasteiger partial charge is 0.294 e. The maximum Gasteiger partial charge on any atom is 0.294 e. The molecule has 0 saturated heterocycles. The molecule has 0 radical (unpaired) electrons. The molecule has 32 heavy (non-hydrogen) atoms. The highest BCUT2D eigenvalue weighted by Gasteiger charge is 2.31. The second-order valence-electron chi connectivity index (χ2n) is 8.53. The van der Waals surface area contributed by atoms with Crippen molar-refractivity contribution in [2.45, 2.75) is 58.4 Å². The summed E-state index contributed by atoms with van der Waals surface area (Å²) >= 11 is 1.74. The van der Waals surface area contributed by atoms with E-state index in [1.54, 1.807) is 22.1 Å². The SMILES string of the molecule is Cc1ccccc1[C@H](C)Nc1ncc2n(c1=O)[C@H](C(=O)NCc1cc3c(s1)CNC3)CC2. The van der Waals surface area contributed by atoms with E-state index in [0.29, 0.717) is 19.4 Å². The molecular formula is C24H27N5O2S. The number of aromatic nitrogens is 2. The van der Waals surface area contributed by atoms with Crippen molar-refractivity contribution >= 4 is 23.1 Å². The molecule has 4 heterocycles. The van der Waals surface area contributed by atoms with Crippen LogP contribution in [0.2, 0.25) is 0 Å². The van der Waals surface area contributed by atoms with Crippen molar-refractivity contribution < 1.29 is 4.79 Å². The molecule has 1 aromatic carbocycles. The number of fused-ring (bicyclic) bond motifs is 2. The number of amides is 1. The molecule has 0 bridgehead atoms. The number of rotatable bonds is 6. The molecule has 0 unspecified atom stereocenters. The second kappa shape index (κ2) is 8.52. The first-order chi connectivity index (χ1) is 15.5. The van der Waals surface area contributed by atoms with E-state index in [1.165, 1.54) is 10.4 Å². The van der Waals surface area contributed by atoms with Crippen molar-refractivity contribution in [2.75, 3.05) is 5.32 Å². The zero-order valence-electron chi connectivity index (χ0n) is 18.3. The molecule has 0 aliphatic carbocycles. The van der Waals surface area contributed by atoms with E-state index in [4.69, 9.17) is 0 Å². The maximum absolute atomic E-state index is 13.2. The van der Waals surface area contributed by atoms with Gasteiger partial charge in [0.1, 0.15) is 6.04 Å². The Hall–Kier alpha value is -2.97. The van der Waals surface area contributed by atoms with Gasteiger partial charge in [0, 0.05) is 34.7 Å². The number of hydrogen-bond donors (Lipinski definition) is 3. The Bertz CT molecular complexity index is 1210. The summed E-state index contributed by atoms with van der Waals surface area (Å²) in [4.78, 5) is 33.1. The first-order valence-corrected chi connectivity index (χ1v) is 11.8. The van der Waals surface area contributed by atoms with Gasteiger partial charge in [0.15, 0.2) is 5.82 Å². The number of aryl methyl sites for hydroxylation is 2. The van der Waals surface area contributed by atoms with Crippen molar-refractivity contribution in [3.8, 4) is 0 Å². The number of carbonyl (C=O) groups excluding carboxylic acids is 1. The lowest BCUT2D eigenvalue weighted by atomic mass is 10.0. The summed E-state index contributed by atoms with van der Waals surface area (Å²) in [7, 11) is 0. The average Bonchev–Trinajstić information content (AvgIpc) is 3.49. The van der Waals surface area contributed by atoms with Crippen LogP contribution in [0.1, 0.15) is 57.6 Å². The average molecular weight is 450 g/mol. The minimum atomic E-state index is -0.497. The molecule has 0 saturated carbocycles. The fourth-order valence-corrected chi connectivity index (χ4v) is 5.76. The topological polar surface area (TPSA) is 88.0 Å². The monoisotopic (exact) mass is 449 g/mol. The molecule has 2 aromatic heterocycles. The highest BCUT2D eigenvalue weighted by Crippen LogP contribution is 2.28. The summed E-state index contributed by atoms with van der Waals surface area (Å²) in [6.45, 7) is 6.37. The Kier molecular flexibility index (Phi) is 5.57. The quantitative estimate of drug-likeness (QED) is 0.538. The van der Waals surface area contributed by atoms with E-state index in [1.807, 2.05) is 25.1 Å². The largest absolute Gasteiger partial charge is 0.359 e. The molecule has 0 spiro atoms. The summed E-state index contributed by atoms with van der Waals surface area (Å²) in [5.74, 6) is 0.174. The third kappa shape index (κ3) is 3.84. The van der Waals surface area contributed by atoms with Crippen LogP contribution in [0.4, 0.5) is 5.82 Å². The normalized spacial score (nSPS) is 17.6. The Morgan fingerprint density at radius 1 is 1.34 bits per heavy atom. The van der Waals surface area contributed by atoms with Crippen LogP contribution in [-0.4, -0.2) is 15.5 Å². The van der Waals surface area contributed by atoms with Crippen molar-refractivity contribution in [2.24, 2.45) is 0 Å². The van der Waals surface area contributed by atoms with E-state index in [-0.39, 0.29) is 23.3 Å². The Morgan fingerprint density at radius 2 is 2.19 bits per heavy atom. The van der Waals surface area contributed by atoms with E-state index >= 15 is 0 Å². The van der Waals surface area contributed by atoms with Gasteiger partial charge in [-0.25, -0.2) is 4.98 Å². The van der Waals surface area contributed by atoms with E-state index < -0.39 is 6.04 Å². The van der Waals surface area contributed by atoms with Crippen molar-refractivity contribution in [3.05, 3.63) is 79.0 Å². The molecule has 0 fully saturated rings. The van der Waals surface area contributed by atoms with Gasteiger partial charge >= 0.3 is 0 Å². The lowest BCUT2D eigenvalue weighted by Crippen LogP contribution is -2.36. The van der Waals surface area contributed by atoms with Crippen LogP contribution < -0.4 is 21.5 Å². The van der Waals surface area contributed by atoms with Crippen LogP contribution in [0, 0.1) is 6.92 Å². The number of nitrogens with one attached hydrogen (secondary N) is 3. The van der Waals surface area contributed by atoms with Crippen molar-refractivity contribution in [3.63, 3.8) is 0 Å². The summed E-state index contributed by atoms with van der Waals surface area (Å²) in [6, 6.07) is 9.68. The van der Waals surface area contributed by atoms with Gasteiger partial charge in [-0.15, -0.1) is 11.3 Å². The van der Waals surface area contributed by atoms with Gasteiger partial charge in [-0.2, -0.15) is 0 Å². The fraction of sp³-hybridized carbons (Fsp3) is 0.375. The predicted octanol–water partition coefficient (Wildman–Crippen LogP) is 3.19. The third-order valence-electron chi connectivity index (χ3n) is 6.36. The predicted molar refractivity (Wildman–Crippen MR) is 126 cm³/mol. The first-order valence-electron chi connectivity index (χ1n) is 11.0. The van der Waals surface area contributed by atoms with Crippen LogP contribution >= 0.6 is 11.3 Å². The second-order valence-corrected chi connectivity index (χ2v) is 9.75. The lowest BCUT2D eigenvalue weighted by molar-refractivity contribution is -0.124. The molecule has 2 aliphatic heterocycles. The molecule has 3 N–H and O–H groups in total. The summed E-state index contributed by atoms with van der Waals surface area (Å²) < 4.78 is 1.62. The van der Waals surface area contributed by atoms with Crippen LogP contribution in [-0.2, 0) is 30.8 Å². The molecular weight excluding hydrogens is 422 g/mol. The van der Waals surface area contributed by atoms with Gasteiger partial charge in [0.2, 0.25) is 5.91 Å². The number of benzene rings is 1. The van der Waals surface area contributed by atoms with Crippen LogP contribution in [0.3, 0.4) is 0 Å². The maximum atomic E-state index is 13.2. The van der Waals surface area contributed by atoms with E-state index in [0.717, 1.165) is 34.8 Å². The fourth-order valence-electron chi connectivity index (χ4n) is 4.66. The van der Waals surface area contributed by atoms with Crippen LogP contribution in [0.15, 0.2) is 41.3 Å². The zero-order chi connectivity index (χ0) is 22.2. The van der Waals surface area contributed by atoms with Gasteiger partial charge in [-0.05, 0) is 49.4 Å². The number of carbonyl (C=O) groups is 1. The van der Waals surface area contributed by atoms with E-state index in [2.05, 4.69) is 40.0 Å². The number of nitrogens with zero attached hydrogens (tertiary/aromatic N) is 2. The molecule has 8 heteroatoms. The van der Waals surface area contributed by atoms with Crippen LogP contribution in [0.5, 0.6) is 0 Å². The molecule has 5 rings (SSSR count). The molecule has 1 amide bonds. The summed E-state index contributed by atoms with van der Waals surface area (Å²) in [6.07, 6.45) is 3.01. The summed E-state index contributed by atoms with van der Waals surface area (Å²) in [5, 5.41) is 9.62. The minimum absolute atomic E-state index is 0.0704. The van der Waals surface area contributed by atoms with Gasteiger partial charge in [0.05, 0.1) is 12.6 Å². The molecule has 7 nitrogen and oxygen atoms in total. The zero-order valence-corrected chi connectivity index (χ0v) is 19.1. The Morgan fingerprint density at radius 3 is 3.00 bits per heavy atom. The standard InChI is InChI=1S/C24H27N5O2S/c1-14-5-3-4-6-19(14)15(2)28-22-24(31)29-17(11-26-22)7-8-20(29)23(30)27-12-18-9-16-10-25-13-21(16)32-18/h3-6,9,11,15,20,25H,7-8,10,12-13H2,1-2H3,(H,26,28)(H,27,30)/t15-,20-/m0/s1. The Balaban J connectivity index is 1.32. The van der Waals surface area contributed by atoms with Gasteiger partial charge in [-0.3, -0.25) is 14.2 Å². The number of hydrogen-bond acceptors (Lipinski definition) is 6. The molecule has 2 atom stereocenters. The summed E-state index contributed by atoms with van der Waals surface area (Å²) in [5.41, 5.74) is 4.17. The van der Waals surface area contributed by atoms with Gasteiger partial charge in [0.25, 0.3) is 5.56 Å². The number of thiophene rings is 1. The number of anilines is 1. The molecule has 166 valence electrons. The van der Waals surface area contributed by atoms with Crippen molar-refractivity contribution in [1.82, 2.24) is 20.2 Å². The minimum Gasteiger partial charge on any atom is -0.359 e. The lowest BCUT2D eigenvalue weighted by Gasteiger charge is -2.19. The Labute approximate surface area is 190 Å². The van der Waals surface area contributed by atoms with Gasteiger partial charge < -0.3 is 16.0 Å². The molecule has 3 aromatic rings. The van der Waals surface area contributed by atoms with Gasteiger partial charge in [-0.1, -0.05) is 24.3 Å². The first kappa shape index (κ1) is 20.9. The third-order valence-corrected chi connectivity index (χ3v) is 7.53. The van der Waals surface area contributed by atoms with E-state index in [9.17, 15) is 9.59 Å². The van der Waals surface area contributed by atoms with Crippen LogP contribution in [0.25, 0.3) is 0 Å². The highest BCUT2D eigenvalue weighted by atomic mass is 32.1.